The number of aromatic nitrogens is 2. The van der Waals surface area contributed by atoms with E-state index in [9.17, 15) is 0 Å². The van der Waals surface area contributed by atoms with Gasteiger partial charge in [-0.25, -0.2) is 0 Å². The van der Waals surface area contributed by atoms with Crippen molar-refractivity contribution in [2.45, 2.75) is 19.6 Å². The Morgan fingerprint density at radius 3 is 3.27 bits per heavy atom. The van der Waals surface area contributed by atoms with Crippen LogP contribution in [0.2, 0.25) is 0 Å². The van der Waals surface area contributed by atoms with Crippen molar-refractivity contribution in [2.75, 3.05) is 6.61 Å². The largest absolute Gasteiger partial charge is 0.394 e. The molecule has 0 radical (unpaired) electrons. The zero-order valence-corrected chi connectivity index (χ0v) is 6.25. The number of aliphatic hydroxyl groups excluding tert-OH is 1. The van der Waals surface area contributed by atoms with Crippen LogP contribution in [0.5, 0.6) is 0 Å². The first kappa shape index (κ1) is 6.82. The molecule has 1 aliphatic heterocycles. The summed E-state index contributed by atoms with van der Waals surface area (Å²) in [4.78, 5) is 0. The van der Waals surface area contributed by atoms with Crippen molar-refractivity contribution in [3.8, 4) is 0 Å². The number of nitrogens with one attached hydrogen (secondary N) is 1. The van der Waals surface area contributed by atoms with Gasteiger partial charge in [0.2, 0.25) is 0 Å². The van der Waals surface area contributed by atoms with Crippen molar-refractivity contribution in [3.05, 3.63) is 17.5 Å². The normalized spacial score (nSPS) is 15.4. The molecule has 11 heavy (non-hydrogen) atoms. The Morgan fingerprint density at radius 2 is 2.55 bits per heavy atom. The van der Waals surface area contributed by atoms with Crippen molar-refractivity contribution < 1.29 is 5.11 Å². The number of rotatable bonds is 2. The predicted octanol–water partition coefficient (Wildman–Crippen LogP) is -0.521. The van der Waals surface area contributed by atoms with Gasteiger partial charge in [-0.1, -0.05) is 0 Å². The molecule has 0 aliphatic carbocycles. The number of nitrogens with zero attached hydrogens (tertiary/aromatic N) is 2. The first-order valence-electron chi connectivity index (χ1n) is 3.77. The molecule has 2 rings (SSSR count). The van der Waals surface area contributed by atoms with Crippen LogP contribution in [0.1, 0.15) is 11.3 Å². The second kappa shape index (κ2) is 2.64. The molecule has 1 aromatic rings. The standard InChI is InChI=1S/C7H11N3O/c11-2-1-10-5-6-3-8-4-7(6)9-10/h5,8,11H,1-4H2. The Kier molecular flexibility index (Phi) is 1.63. The Bertz CT molecular complexity index is 235. The van der Waals surface area contributed by atoms with Crippen LogP contribution in [0, 0.1) is 0 Å². The summed E-state index contributed by atoms with van der Waals surface area (Å²) in [6.07, 6.45) is 1.99. The molecule has 2 heterocycles. The van der Waals surface area contributed by atoms with Gasteiger partial charge in [-0.3, -0.25) is 4.68 Å². The fraction of sp³-hybridized carbons (Fsp3) is 0.571. The van der Waals surface area contributed by atoms with Crippen molar-refractivity contribution in [2.24, 2.45) is 0 Å². The van der Waals surface area contributed by atoms with E-state index in [1.807, 2.05) is 6.20 Å². The third-order valence-corrected chi connectivity index (χ3v) is 1.86. The Labute approximate surface area is 64.8 Å². The summed E-state index contributed by atoms with van der Waals surface area (Å²) >= 11 is 0. The minimum Gasteiger partial charge on any atom is -0.394 e. The molecule has 0 atom stereocenters. The molecule has 0 saturated heterocycles. The van der Waals surface area contributed by atoms with Gasteiger partial charge in [0.05, 0.1) is 18.8 Å². The highest BCUT2D eigenvalue weighted by atomic mass is 16.3. The highest BCUT2D eigenvalue weighted by molar-refractivity contribution is 5.20. The van der Waals surface area contributed by atoms with Gasteiger partial charge in [0.15, 0.2) is 0 Å². The molecule has 1 aliphatic rings. The minimum absolute atomic E-state index is 0.161. The summed E-state index contributed by atoms with van der Waals surface area (Å²) in [7, 11) is 0. The third-order valence-electron chi connectivity index (χ3n) is 1.86. The van der Waals surface area contributed by atoms with Crippen LogP contribution in [-0.2, 0) is 19.6 Å². The van der Waals surface area contributed by atoms with Gasteiger partial charge < -0.3 is 10.4 Å². The van der Waals surface area contributed by atoms with E-state index in [2.05, 4.69) is 10.4 Å². The van der Waals surface area contributed by atoms with Gasteiger partial charge in [-0.15, -0.1) is 0 Å². The lowest BCUT2D eigenvalue weighted by atomic mass is 10.3. The maximum Gasteiger partial charge on any atom is 0.0807 e. The van der Waals surface area contributed by atoms with Crippen LogP contribution in [0.4, 0.5) is 0 Å². The lowest BCUT2D eigenvalue weighted by Gasteiger charge is -1.96. The second-order valence-electron chi connectivity index (χ2n) is 2.69. The van der Waals surface area contributed by atoms with Crippen molar-refractivity contribution >= 4 is 0 Å². The van der Waals surface area contributed by atoms with E-state index >= 15 is 0 Å². The molecule has 0 aromatic carbocycles. The van der Waals surface area contributed by atoms with Gasteiger partial charge in [0.1, 0.15) is 0 Å². The highest BCUT2D eigenvalue weighted by Gasteiger charge is 2.13. The summed E-state index contributed by atoms with van der Waals surface area (Å²) in [6.45, 7) is 2.55. The third kappa shape index (κ3) is 1.15. The van der Waals surface area contributed by atoms with Crippen molar-refractivity contribution in [3.63, 3.8) is 0 Å². The SMILES string of the molecule is OCCn1cc2c(n1)CNC2. The van der Waals surface area contributed by atoms with Crippen LogP contribution < -0.4 is 5.32 Å². The summed E-state index contributed by atoms with van der Waals surface area (Å²) in [5, 5.41) is 16.1. The molecule has 0 bridgehead atoms. The maximum atomic E-state index is 8.63. The molecular weight excluding hydrogens is 142 g/mol. The van der Waals surface area contributed by atoms with E-state index in [1.54, 1.807) is 4.68 Å². The molecule has 0 saturated carbocycles. The van der Waals surface area contributed by atoms with Crippen LogP contribution >= 0.6 is 0 Å². The van der Waals surface area contributed by atoms with E-state index < -0.39 is 0 Å². The molecule has 1 aromatic heterocycles. The number of hydrogen-bond acceptors (Lipinski definition) is 3. The Hall–Kier alpha value is -0.870. The summed E-state index contributed by atoms with van der Waals surface area (Å²) < 4.78 is 1.80. The predicted molar refractivity (Wildman–Crippen MR) is 39.9 cm³/mol. The van der Waals surface area contributed by atoms with Crippen LogP contribution in [0.15, 0.2) is 6.20 Å². The molecule has 4 heteroatoms. The minimum atomic E-state index is 0.161. The first-order chi connectivity index (χ1) is 5.40. The number of hydrogen-bond donors (Lipinski definition) is 2. The van der Waals surface area contributed by atoms with Gasteiger partial charge in [0.25, 0.3) is 0 Å². The van der Waals surface area contributed by atoms with E-state index in [4.69, 9.17) is 5.11 Å². The molecule has 2 N–H and O–H groups in total. The highest BCUT2D eigenvalue weighted by Crippen LogP contribution is 2.11. The van der Waals surface area contributed by atoms with Crippen molar-refractivity contribution in [1.29, 1.82) is 0 Å². The number of fused-ring (bicyclic) bond motifs is 1. The van der Waals surface area contributed by atoms with E-state index in [0.717, 1.165) is 18.8 Å². The Balaban J connectivity index is 2.20. The average Bonchev–Trinajstić information content (AvgIpc) is 2.46. The van der Waals surface area contributed by atoms with Crippen LogP contribution in [0.25, 0.3) is 0 Å². The zero-order valence-electron chi connectivity index (χ0n) is 6.25. The molecule has 0 spiro atoms. The van der Waals surface area contributed by atoms with Crippen LogP contribution in [0.3, 0.4) is 0 Å². The quantitative estimate of drug-likeness (QED) is 0.601. The zero-order chi connectivity index (χ0) is 7.68. The molecule has 0 unspecified atom stereocenters. The molecule has 0 fully saturated rings. The number of aliphatic hydroxyl groups is 1. The van der Waals surface area contributed by atoms with Crippen molar-refractivity contribution in [1.82, 2.24) is 15.1 Å². The lowest BCUT2D eigenvalue weighted by molar-refractivity contribution is 0.269. The molecule has 0 amide bonds. The van der Waals surface area contributed by atoms with Gasteiger partial charge in [0, 0.05) is 24.8 Å². The summed E-state index contributed by atoms with van der Waals surface area (Å²) in [5.74, 6) is 0. The fourth-order valence-electron chi connectivity index (χ4n) is 1.33. The lowest BCUT2D eigenvalue weighted by Crippen LogP contribution is -2.07. The van der Waals surface area contributed by atoms with Gasteiger partial charge in [-0.2, -0.15) is 5.10 Å². The average molecular weight is 153 g/mol. The van der Waals surface area contributed by atoms with Gasteiger partial charge >= 0.3 is 0 Å². The van der Waals surface area contributed by atoms with E-state index in [-0.39, 0.29) is 6.61 Å². The topological polar surface area (TPSA) is 50.1 Å². The van der Waals surface area contributed by atoms with E-state index in [0.29, 0.717) is 6.54 Å². The molecule has 60 valence electrons. The maximum absolute atomic E-state index is 8.63. The summed E-state index contributed by atoms with van der Waals surface area (Å²) in [6, 6.07) is 0. The molecule has 4 nitrogen and oxygen atoms in total. The summed E-state index contributed by atoms with van der Waals surface area (Å²) in [5.41, 5.74) is 2.39. The smallest absolute Gasteiger partial charge is 0.0807 e. The second-order valence-corrected chi connectivity index (χ2v) is 2.69. The fourth-order valence-corrected chi connectivity index (χ4v) is 1.33. The van der Waals surface area contributed by atoms with E-state index in [1.165, 1.54) is 5.56 Å². The Morgan fingerprint density at radius 1 is 1.64 bits per heavy atom. The van der Waals surface area contributed by atoms with Crippen LogP contribution in [-0.4, -0.2) is 21.5 Å². The molecular formula is C7H11N3O. The first-order valence-corrected chi connectivity index (χ1v) is 3.77. The monoisotopic (exact) mass is 153 g/mol. The van der Waals surface area contributed by atoms with Gasteiger partial charge in [-0.05, 0) is 0 Å².